The van der Waals surface area contributed by atoms with Crippen LogP contribution in [0.5, 0.6) is 0 Å². The molecule has 2 aliphatic heterocycles. The fourth-order valence-electron chi connectivity index (χ4n) is 3.57. The van der Waals surface area contributed by atoms with Gasteiger partial charge in [-0.2, -0.15) is 0 Å². The zero-order valence-corrected chi connectivity index (χ0v) is 17.4. The van der Waals surface area contributed by atoms with Crippen LogP contribution in [0, 0.1) is 0 Å². The summed E-state index contributed by atoms with van der Waals surface area (Å²) in [6.45, 7) is 12.8. The minimum Gasteiger partial charge on any atom is -0.379 e. The molecule has 2 aliphatic rings. The van der Waals surface area contributed by atoms with Gasteiger partial charge in [-0.05, 0) is 32.5 Å². The van der Waals surface area contributed by atoms with Gasteiger partial charge in [-0.25, -0.2) is 9.78 Å². The molecule has 2 amide bonds. The Hall–Kier alpha value is -1.90. The molecule has 28 heavy (non-hydrogen) atoms. The number of nitrogens with one attached hydrogen (secondary N) is 2. The normalized spacial score (nSPS) is 19.5. The number of hydrogen-bond donors (Lipinski definition) is 2. The lowest BCUT2D eigenvalue weighted by Crippen LogP contribution is -2.56. The number of pyridine rings is 1. The Labute approximate surface area is 168 Å². The Kier molecular flexibility index (Phi) is 7.09. The first-order chi connectivity index (χ1) is 13.4. The molecule has 0 unspecified atom stereocenters. The highest BCUT2D eigenvalue weighted by molar-refractivity contribution is 5.73. The average molecular weight is 391 g/mol. The second kappa shape index (κ2) is 9.54. The van der Waals surface area contributed by atoms with Gasteiger partial charge in [0.15, 0.2) is 0 Å². The van der Waals surface area contributed by atoms with Crippen molar-refractivity contribution in [2.75, 3.05) is 71.0 Å². The van der Waals surface area contributed by atoms with Crippen LogP contribution >= 0.6 is 0 Å². The van der Waals surface area contributed by atoms with E-state index in [0.717, 1.165) is 63.9 Å². The van der Waals surface area contributed by atoms with Crippen molar-refractivity contribution in [1.82, 2.24) is 25.4 Å². The lowest BCUT2D eigenvalue weighted by Gasteiger charge is -2.40. The van der Waals surface area contributed by atoms with E-state index in [2.05, 4.69) is 51.2 Å². The van der Waals surface area contributed by atoms with Gasteiger partial charge in [-0.15, -0.1) is 0 Å². The highest BCUT2D eigenvalue weighted by Crippen LogP contribution is 2.15. The van der Waals surface area contributed by atoms with Crippen molar-refractivity contribution in [3.8, 4) is 0 Å². The van der Waals surface area contributed by atoms with E-state index in [4.69, 9.17) is 4.74 Å². The molecule has 8 nitrogen and oxygen atoms in total. The summed E-state index contributed by atoms with van der Waals surface area (Å²) < 4.78 is 5.41. The molecule has 0 aromatic carbocycles. The number of amides is 2. The SMILES string of the molecule is CN1CCN(c2ccc(CNC(=O)NCC(C)(C)N3CCOCC3)cn2)CC1. The summed E-state index contributed by atoms with van der Waals surface area (Å²) >= 11 is 0. The fraction of sp³-hybridized carbons (Fsp3) is 0.700. The first-order valence-corrected chi connectivity index (χ1v) is 10.2. The molecule has 0 spiro atoms. The third-order valence-corrected chi connectivity index (χ3v) is 5.64. The molecule has 3 rings (SSSR count). The van der Waals surface area contributed by atoms with Gasteiger partial charge in [0.1, 0.15) is 5.82 Å². The first kappa shape index (κ1) is 20.8. The Balaban J connectivity index is 1.40. The van der Waals surface area contributed by atoms with Gasteiger partial charge in [0.2, 0.25) is 0 Å². The number of piperazine rings is 1. The molecule has 156 valence electrons. The van der Waals surface area contributed by atoms with Crippen molar-refractivity contribution >= 4 is 11.8 Å². The van der Waals surface area contributed by atoms with Crippen LogP contribution in [0.2, 0.25) is 0 Å². The Morgan fingerprint density at radius 1 is 1.11 bits per heavy atom. The maximum Gasteiger partial charge on any atom is 0.315 e. The minimum atomic E-state index is -0.149. The van der Waals surface area contributed by atoms with Crippen LogP contribution in [0.25, 0.3) is 0 Å². The number of ether oxygens (including phenoxy) is 1. The van der Waals surface area contributed by atoms with E-state index in [9.17, 15) is 4.79 Å². The number of hydrogen-bond acceptors (Lipinski definition) is 6. The summed E-state index contributed by atoms with van der Waals surface area (Å²) in [6.07, 6.45) is 1.85. The Morgan fingerprint density at radius 2 is 1.82 bits per heavy atom. The van der Waals surface area contributed by atoms with Crippen molar-refractivity contribution in [3.05, 3.63) is 23.9 Å². The lowest BCUT2D eigenvalue weighted by molar-refractivity contribution is -0.00874. The average Bonchev–Trinajstić information content (AvgIpc) is 2.72. The predicted octanol–water partition coefficient (Wildman–Crippen LogP) is 0.743. The molecule has 2 N–H and O–H groups in total. The van der Waals surface area contributed by atoms with Crippen LogP contribution < -0.4 is 15.5 Å². The molecule has 0 bridgehead atoms. The van der Waals surface area contributed by atoms with Gasteiger partial charge in [0.05, 0.1) is 13.2 Å². The maximum atomic E-state index is 12.2. The van der Waals surface area contributed by atoms with E-state index < -0.39 is 0 Å². The largest absolute Gasteiger partial charge is 0.379 e. The van der Waals surface area contributed by atoms with Crippen molar-refractivity contribution in [3.63, 3.8) is 0 Å². The van der Waals surface area contributed by atoms with E-state index in [1.54, 1.807) is 0 Å². The van der Waals surface area contributed by atoms with Gasteiger partial charge in [-0.3, -0.25) is 4.90 Å². The van der Waals surface area contributed by atoms with E-state index >= 15 is 0 Å². The molecule has 8 heteroatoms. The van der Waals surface area contributed by atoms with E-state index in [1.165, 1.54) is 0 Å². The third kappa shape index (κ3) is 5.80. The topological polar surface area (TPSA) is 73.0 Å². The fourth-order valence-corrected chi connectivity index (χ4v) is 3.57. The highest BCUT2D eigenvalue weighted by atomic mass is 16.5. The van der Waals surface area contributed by atoms with Gasteiger partial charge in [0, 0.05) is 64.1 Å². The van der Waals surface area contributed by atoms with Crippen molar-refractivity contribution in [1.29, 1.82) is 0 Å². The number of carbonyl (C=O) groups is 1. The molecule has 0 saturated carbocycles. The predicted molar refractivity (Wildman–Crippen MR) is 111 cm³/mol. The monoisotopic (exact) mass is 390 g/mol. The number of morpholine rings is 1. The first-order valence-electron chi connectivity index (χ1n) is 10.2. The van der Waals surface area contributed by atoms with Crippen LogP contribution in [-0.2, 0) is 11.3 Å². The van der Waals surface area contributed by atoms with Crippen LogP contribution in [0.3, 0.4) is 0 Å². The smallest absolute Gasteiger partial charge is 0.315 e. The molecule has 3 heterocycles. The van der Waals surface area contributed by atoms with E-state index in [-0.39, 0.29) is 11.6 Å². The van der Waals surface area contributed by atoms with E-state index in [1.807, 2.05) is 18.3 Å². The summed E-state index contributed by atoms with van der Waals surface area (Å²) in [4.78, 5) is 23.8. The number of carbonyl (C=O) groups excluding carboxylic acids is 1. The van der Waals surface area contributed by atoms with Gasteiger partial charge in [0.25, 0.3) is 0 Å². The minimum absolute atomic E-state index is 0.0904. The quantitative estimate of drug-likeness (QED) is 0.747. The van der Waals surface area contributed by atoms with Crippen LogP contribution in [0.1, 0.15) is 19.4 Å². The molecule has 0 radical (unpaired) electrons. The molecule has 1 aromatic rings. The van der Waals surface area contributed by atoms with E-state index in [0.29, 0.717) is 13.1 Å². The summed E-state index contributed by atoms with van der Waals surface area (Å²) in [5, 5.41) is 5.92. The number of urea groups is 1. The second-order valence-corrected chi connectivity index (χ2v) is 8.26. The highest BCUT2D eigenvalue weighted by Gasteiger charge is 2.28. The van der Waals surface area contributed by atoms with Crippen molar-refractivity contribution < 1.29 is 9.53 Å². The second-order valence-electron chi connectivity index (χ2n) is 8.26. The molecule has 1 aromatic heterocycles. The molecule has 2 fully saturated rings. The lowest BCUT2D eigenvalue weighted by atomic mass is 10.0. The van der Waals surface area contributed by atoms with Crippen molar-refractivity contribution in [2.24, 2.45) is 0 Å². The number of anilines is 1. The summed E-state index contributed by atoms with van der Waals surface area (Å²) in [7, 11) is 2.15. The molecule has 0 atom stereocenters. The zero-order chi connectivity index (χ0) is 20.0. The van der Waals surface area contributed by atoms with Gasteiger partial charge in [-0.1, -0.05) is 6.07 Å². The number of aromatic nitrogens is 1. The molecule has 0 aliphatic carbocycles. The van der Waals surface area contributed by atoms with Crippen LogP contribution in [0.4, 0.5) is 10.6 Å². The maximum absolute atomic E-state index is 12.2. The van der Waals surface area contributed by atoms with Crippen LogP contribution in [0.15, 0.2) is 18.3 Å². The Bertz CT molecular complexity index is 622. The Morgan fingerprint density at radius 3 is 2.46 bits per heavy atom. The zero-order valence-electron chi connectivity index (χ0n) is 17.4. The summed E-state index contributed by atoms with van der Waals surface area (Å²) in [5.41, 5.74) is 0.910. The standard InChI is InChI=1S/C20H34N6O2/c1-20(2,26-10-12-28-13-11-26)16-23-19(27)22-15-17-4-5-18(21-14-17)25-8-6-24(3)7-9-25/h4-5,14H,6-13,15-16H2,1-3H3,(H2,22,23,27). The molecular formula is C20H34N6O2. The van der Waals surface area contributed by atoms with Gasteiger partial charge >= 0.3 is 6.03 Å². The molecular weight excluding hydrogens is 356 g/mol. The summed E-state index contributed by atoms with van der Waals surface area (Å²) in [6, 6.07) is 3.94. The third-order valence-electron chi connectivity index (χ3n) is 5.64. The van der Waals surface area contributed by atoms with Crippen molar-refractivity contribution in [2.45, 2.75) is 25.9 Å². The number of nitrogens with zero attached hydrogens (tertiary/aromatic N) is 4. The number of rotatable bonds is 6. The number of likely N-dealkylation sites (N-methyl/N-ethyl adjacent to an activating group) is 1. The van der Waals surface area contributed by atoms with Crippen LogP contribution in [-0.4, -0.2) is 92.4 Å². The molecule has 2 saturated heterocycles. The summed E-state index contributed by atoms with van der Waals surface area (Å²) in [5.74, 6) is 1.01. The van der Waals surface area contributed by atoms with Gasteiger partial charge < -0.3 is 25.2 Å².